The number of anilines is 2. The van der Waals surface area contributed by atoms with Crippen LogP contribution >= 0.6 is 0 Å². The number of hydrogen-bond acceptors (Lipinski definition) is 6. The van der Waals surface area contributed by atoms with Crippen LogP contribution in [0.2, 0.25) is 0 Å². The number of aromatic nitrogens is 3. The summed E-state index contributed by atoms with van der Waals surface area (Å²) in [5.74, 6) is 2.16. The summed E-state index contributed by atoms with van der Waals surface area (Å²) in [6.45, 7) is 0. The SMILES string of the molecule is COc1ccc(-c2nc(N)nc(NC3CCCC3)n2)cc1. The monoisotopic (exact) mass is 285 g/mol. The summed E-state index contributed by atoms with van der Waals surface area (Å²) >= 11 is 0. The van der Waals surface area contributed by atoms with Crippen LogP contribution in [0.4, 0.5) is 11.9 Å². The summed E-state index contributed by atoms with van der Waals surface area (Å²) in [4.78, 5) is 12.9. The Bertz CT molecular complexity index is 608. The Hall–Kier alpha value is -2.37. The minimum atomic E-state index is 0.233. The van der Waals surface area contributed by atoms with Gasteiger partial charge in [-0.1, -0.05) is 12.8 Å². The molecule has 6 heteroatoms. The number of benzene rings is 1. The number of nitrogens with zero attached hydrogens (tertiary/aromatic N) is 3. The predicted octanol–water partition coefficient (Wildman–Crippen LogP) is 2.48. The van der Waals surface area contributed by atoms with E-state index in [9.17, 15) is 0 Å². The average Bonchev–Trinajstić information content (AvgIpc) is 2.99. The predicted molar refractivity (Wildman–Crippen MR) is 82.1 cm³/mol. The van der Waals surface area contributed by atoms with Crippen molar-refractivity contribution in [2.75, 3.05) is 18.2 Å². The lowest BCUT2D eigenvalue weighted by Crippen LogP contribution is -2.17. The molecule has 1 aliphatic carbocycles. The summed E-state index contributed by atoms with van der Waals surface area (Å²) < 4.78 is 5.15. The van der Waals surface area contributed by atoms with Crippen molar-refractivity contribution in [3.05, 3.63) is 24.3 Å². The molecule has 0 aliphatic heterocycles. The first-order valence-corrected chi connectivity index (χ1v) is 7.17. The normalized spacial score (nSPS) is 15.1. The lowest BCUT2D eigenvalue weighted by Gasteiger charge is -2.12. The molecule has 21 heavy (non-hydrogen) atoms. The minimum Gasteiger partial charge on any atom is -0.497 e. The van der Waals surface area contributed by atoms with Gasteiger partial charge in [-0.3, -0.25) is 0 Å². The van der Waals surface area contributed by atoms with Gasteiger partial charge < -0.3 is 15.8 Å². The highest BCUT2D eigenvalue weighted by Gasteiger charge is 2.16. The molecule has 0 radical (unpaired) electrons. The summed E-state index contributed by atoms with van der Waals surface area (Å²) in [5, 5.41) is 3.35. The molecule has 1 aromatic carbocycles. The smallest absolute Gasteiger partial charge is 0.228 e. The quantitative estimate of drug-likeness (QED) is 0.897. The van der Waals surface area contributed by atoms with Crippen LogP contribution < -0.4 is 15.8 Å². The van der Waals surface area contributed by atoms with Crippen LogP contribution in [-0.2, 0) is 0 Å². The summed E-state index contributed by atoms with van der Waals surface area (Å²) in [5.41, 5.74) is 6.69. The lowest BCUT2D eigenvalue weighted by molar-refractivity contribution is 0.415. The van der Waals surface area contributed by atoms with Crippen LogP contribution in [0.5, 0.6) is 5.75 Å². The minimum absolute atomic E-state index is 0.233. The van der Waals surface area contributed by atoms with Gasteiger partial charge in [0.25, 0.3) is 0 Å². The van der Waals surface area contributed by atoms with Crippen LogP contribution in [0, 0.1) is 0 Å². The van der Waals surface area contributed by atoms with E-state index in [2.05, 4.69) is 20.3 Å². The lowest BCUT2D eigenvalue weighted by atomic mass is 10.2. The van der Waals surface area contributed by atoms with Gasteiger partial charge in [0.05, 0.1) is 7.11 Å². The number of nitrogens with one attached hydrogen (secondary N) is 1. The van der Waals surface area contributed by atoms with Gasteiger partial charge in [-0.2, -0.15) is 15.0 Å². The molecule has 0 unspecified atom stereocenters. The summed E-state index contributed by atoms with van der Waals surface area (Å²) in [6, 6.07) is 8.01. The number of rotatable bonds is 4. The van der Waals surface area contributed by atoms with Gasteiger partial charge in [-0.25, -0.2) is 0 Å². The highest BCUT2D eigenvalue weighted by Crippen LogP contribution is 2.23. The van der Waals surface area contributed by atoms with Gasteiger partial charge >= 0.3 is 0 Å². The maximum absolute atomic E-state index is 5.80. The fourth-order valence-corrected chi connectivity index (χ4v) is 2.58. The van der Waals surface area contributed by atoms with Crippen LogP contribution in [0.15, 0.2) is 24.3 Å². The fourth-order valence-electron chi connectivity index (χ4n) is 2.58. The third-order valence-corrected chi connectivity index (χ3v) is 3.69. The van der Waals surface area contributed by atoms with Gasteiger partial charge in [0, 0.05) is 11.6 Å². The topological polar surface area (TPSA) is 86.0 Å². The highest BCUT2D eigenvalue weighted by molar-refractivity contribution is 5.58. The van der Waals surface area contributed by atoms with E-state index in [-0.39, 0.29) is 5.95 Å². The molecule has 1 heterocycles. The number of nitrogen functional groups attached to an aromatic ring is 1. The molecular formula is C15H19N5O. The Kier molecular flexibility index (Phi) is 3.85. The molecule has 0 saturated heterocycles. The summed E-state index contributed by atoms with van der Waals surface area (Å²) in [6.07, 6.45) is 4.82. The summed E-state index contributed by atoms with van der Waals surface area (Å²) in [7, 11) is 1.64. The van der Waals surface area contributed by atoms with Crippen molar-refractivity contribution in [3.8, 4) is 17.1 Å². The first-order chi connectivity index (χ1) is 10.2. The second kappa shape index (κ2) is 5.95. The number of ether oxygens (including phenoxy) is 1. The fraction of sp³-hybridized carbons (Fsp3) is 0.400. The van der Waals surface area contributed by atoms with E-state index in [1.54, 1.807) is 7.11 Å². The Morgan fingerprint density at radius 2 is 1.81 bits per heavy atom. The maximum Gasteiger partial charge on any atom is 0.228 e. The third kappa shape index (κ3) is 3.21. The standard InChI is InChI=1S/C15H19N5O/c1-21-12-8-6-10(7-9-12)13-18-14(16)20-15(19-13)17-11-4-2-3-5-11/h6-9,11H,2-5H2,1H3,(H3,16,17,18,19,20). The zero-order chi connectivity index (χ0) is 14.7. The second-order valence-electron chi connectivity index (χ2n) is 5.20. The van der Waals surface area contributed by atoms with Crippen molar-refractivity contribution in [2.45, 2.75) is 31.7 Å². The molecule has 0 amide bonds. The molecule has 1 saturated carbocycles. The molecule has 3 N–H and O–H groups in total. The molecule has 2 aromatic rings. The average molecular weight is 285 g/mol. The molecule has 1 aliphatic rings. The van der Waals surface area contributed by atoms with Crippen molar-refractivity contribution in [3.63, 3.8) is 0 Å². The van der Waals surface area contributed by atoms with Gasteiger partial charge in [0.15, 0.2) is 5.82 Å². The Morgan fingerprint density at radius 3 is 2.48 bits per heavy atom. The Morgan fingerprint density at radius 1 is 1.10 bits per heavy atom. The third-order valence-electron chi connectivity index (χ3n) is 3.69. The molecule has 110 valence electrons. The van der Waals surface area contributed by atoms with Crippen LogP contribution in [-0.4, -0.2) is 28.1 Å². The van der Waals surface area contributed by atoms with Crippen molar-refractivity contribution >= 4 is 11.9 Å². The van der Waals surface area contributed by atoms with Gasteiger partial charge in [-0.05, 0) is 37.1 Å². The maximum atomic E-state index is 5.80. The van der Waals surface area contributed by atoms with E-state index in [1.807, 2.05) is 24.3 Å². The number of nitrogens with two attached hydrogens (primary N) is 1. The molecule has 1 aromatic heterocycles. The van der Waals surface area contributed by atoms with E-state index >= 15 is 0 Å². The molecular weight excluding hydrogens is 266 g/mol. The zero-order valence-corrected chi connectivity index (χ0v) is 12.0. The molecule has 0 spiro atoms. The zero-order valence-electron chi connectivity index (χ0n) is 12.0. The molecule has 3 rings (SSSR count). The van der Waals surface area contributed by atoms with E-state index in [0.717, 1.165) is 24.2 Å². The van der Waals surface area contributed by atoms with Crippen molar-refractivity contribution in [2.24, 2.45) is 0 Å². The Balaban J connectivity index is 1.85. The van der Waals surface area contributed by atoms with E-state index < -0.39 is 0 Å². The second-order valence-corrected chi connectivity index (χ2v) is 5.20. The molecule has 6 nitrogen and oxygen atoms in total. The van der Waals surface area contributed by atoms with Crippen LogP contribution in [0.1, 0.15) is 25.7 Å². The van der Waals surface area contributed by atoms with Gasteiger partial charge in [0.1, 0.15) is 5.75 Å². The largest absolute Gasteiger partial charge is 0.497 e. The first-order valence-electron chi connectivity index (χ1n) is 7.17. The number of hydrogen-bond donors (Lipinski definition) is 2. The van der Waals surface area contributed by atoms with Crippen LogP contribution in [0.3, 0.4) is 0 Å². The van der Waals surface area contributed by atoms with Gasteiger partial charge in [-0.15, -0.1) is 0 Å². The molecule has 0 bridgehead atoms. The van der Waals surface area contributed by atoms with Crippen molar-refractivity contribution < 1.29 is 4.74 Å². The van der Waals surface area contributed by atoms with E-state index in [0.29, 0.717) is 17.8 Å². The highest BCUT2D eigenvalue weighted by atomic mass is 16.5. The Labute approximate surface area is 123 Å². The van der Waals surface area contributed by atoms with E-state index in [1.165, 1.54) is 12.8 Å². The first kappa shape index (κ1) is 13.6. The van der Waals surface area contributed by atoms with Crippen LogP contribution in [0.25, 0.3) is 11.4 Å². The van der Waals surface area contributed by atoms with E-state index in [4.69, 9.17) is 10.5 Å². The van der Waals surface area contributed by atoms with Crippen molar-refractivity contribution in [1.29, 1.82) is 0 Å². The molecule has 1 fully saturated rings. The van der Waals surface area contributed by atoms with Gasteiger partial charge in [0.2, 0.25) is 11.9 Å². The molecule has 0 atom stereocenters. The van der Waals surface area contributed by atoms with Crippen molar-refractivity contribution in [1.82, 2.24) is 15.0 Å². The number of methoxy groups -OCH3 is 1.